The van der Waals surface area contributed by atoms with E-state index in [0.717, 1.165) is 0 Å². The van der Waals surface area contributed by atoms with E-state index in [4.69, 9.17) is 0 Å². The molecule has 0 fully saturated rings. The van der Waals surface area contributed by atoms with Gasteiger partial charge in [-0.15, -0.1) is 0 Å². The highest BCUT2D eigenvalue weighted by Gasteiger charge is 2.09. The number of rotatable bonds is 3. The van der Waals surface area contributed by atoms with Crippen molar-refractivity contribution in [3.63, 3.8) is 0 Å². The molecule has 0 radical (unpaired) electrons. The van der Waals surface area contributed by atoms with Crippen molar-refractivity contribution >= 4 is 11.1 Å². The molecule has 0 aliphatic carbocycles. The molecule has 3 heteroatoms. The van der Waals surface area contributed by atoms with Crippen LogP contribution < -0.4 is 0 Å². The van der Waals surface area contributed by atoms with Gasteiger partial charge in [-0.2, -0.15) is 0 Å². The molecule has 2 nitrogen and oxygen atoms in total. The fourth-order valence-electron chi connectivity index (χ4n) is 0.830. The van der Waals surface area contributed by atoms with Crippen molar-refractivity contribution < 1.29 is 8.76 Å². The summed E-state index contributed by atoms with van der Waals surface area (Å²) in [6.45, 7) is 5.73. The Bertz CT molecular complexity index is 101. The lowest BCUT2D eigenvalue weighted by Crippen LogP contribution is -2.19. The molecule has 0 saturated carbocycles. The first-order chi connectivity index (χ1) is 4.09. The molecule has 0 aromatic carbocycles. The Morgan fingerprint density at radius 3 is 2.00 bits per heavy atom. The van der Waals surface area contributed by atoms with Crippen molar-refractivity contribution in [3.8, 4) is 0 Å². The average Bonchev–Trinajstić information content (AvgIpc) is 1.64. The Kier molecular flexibility index (Phi) is 4.06. The summed E-state index contributed by atoms with van der Waals surface area (Å²) < 4.78 is 20.7. The molecule has 2 atom stereocenters. The third-order valence-electron chi connectivity index (χ3n) is 1.39. The van der Waals surface area contributed by atoms with Crippen LogP contribution in [0.4, 0.5) is 0 Å². The molecule has 0 aromatic rings. The highest BCUT2D eigenvalue weighted by Crippen LogP contribution is 2.10. The van der Waals surface area contributed by atoms with Crippen molar-refractivity contribution in [2.75, 3.05) is 0 Å². The summed E-state index contributed by atoms with van der Waals surface area (Å²) >= 11 is -1.88. The lowest BCUT2D eigenvalue weighted by Gasteiger charge is -2.21. The molecule has 0 bridgehead atoms. The van der Waals surface area contributed by atoms with Crippen molar-refractivity contribution in [1.29, 1.82) is 0 Å². The maximum Gasteiger partial charge on any atom is 0.0236 e. The zero-order valence-electron chi connectivity index (χ0n) is 6.09. The minimum Gasteiger partial charge on any atom is -0.772 e. The molecule has 0 heterocycles. The van der Waals surface area contributed by atoms with Crippen LogP contribution in [0.25, 0.3) is 0 Å². The first kappa shape index (κ1) is 9.11. The average molecular weight is 149 g/mol. The van der Waals surface area contributed by atoms with Gasteiger partial charge in [0.15, 0.2) is 0 Å². The monoisotopic (exact) mass is 149 g/mol. The summed E-state index contributed by atoms with van der Waals surface area (Å²) in [6.07, 6.45) is 0.716. The molecule has 0 spiro atoms. The minimum atomic E-state index is -1.88. The Labute approximate surface area is 58.9 Å². The van der Waals surface area contributed by atoms with Crippen molar-refractivity contribution in [2.24, 2.45) is 5.92 Å². The Morgan fingerprint density at radius 2 is 2.00 bits per heavy atom. The lowest BCUT2D eigenvalue weighted by molar-refractivity contribution is 0.483. The van der Waals surface area contributed by atoms with Gasteiger partial charge in [0.25, 0.3) is 0 Å². The molecule has 2 unspecified atom stereocenters. The summed E-state index contributed by atoms with van der Waals surface area (Å²) in [5.41, 5.74) is 0. The SMILES string of the molecule is CCC(C(C)C)S(=O)[O-]. The predicted molar refractivity (Wildman–Crippen MR) is 37.8 cm³/mol. The van der Waals surface area contributed by atoms with Crippen molar-refractivity contribution in [3.05, 3.63) is 0 Å². The van der Waals surface area contributed by atoms with E-state index < -0.39 is 11.1 Å². The van der Waals surface area contributed by atoms with Gasteiger partial charge in [-0.05, 0) is 12.3 Å². The van der Waals surface area contributed by atoms with Crippen molar-refractivity contribution in [2.45, 2.75) is 32.4 Å². The maximum atomic E-state index is 10.4. The second-order valence-corrected chi connectivity index (χ2v) is 3.58. The maximum absolute atomic E-state index is 10.4. The smallest absolute Gasteiger partial charge is 0.0236 e. The van der Waals surface area contributed by atoms with Crippen LogP contribution in [0.15, 0.2) is 0 Å². The summed E-state index contributed by atoms with van der Waals surface area (Å²) in [5.74, 6) is 0.244. The third-order valence-corrected chi connectivity index (χ3v) is 2.77. The fourth-order valence-corrected chi connectivity index (χ4v) is 1.55. The summed E-state index contributed by atoms with van der Waals surface area (Å²) in [6, 6.07) is 0. The predicted octanol–water partition coefficient (Wildman–Crippen LogP) is 1.30. The van der Waals surface area contributed by atoms with Crippen LogP contribution in [-0.2, 0) is 11.1 Å². The zero-order chi connectivity index (χ0) is 7.44. The zero-order valence-corrected chi connectivity index (χ0v) is 6.90. The van der Waals surface area contributed by atoms with Crippen LogP contribution >= 0.6 is 0 Å². The first-order valence-electron chi connectivity index (χ1n) is 3.17. The van der Waals surface area contributed by atoms with Crippen LogP contribution in [-0.4, -0.2) is 14.0 Å². The Balaban J connectivity index is 3.83. The van der Waals surface area contributed by atoms with Crippen LogP contribution in [0, 0.1) is 5.92 Å². The van der Waals surface area contributed by atoms with Gasteiger partial charge in [0.2, 0.25) is 0 Å². The van der Waals surface area contributed by atoms with Crippen molar-refractivity contribution in [1.82, 2.24) is 0 Å². The summed E-state index contributed by atoms with van der Waals surface area (Å²) in [7, 11) is 0. The molecule has 0 rings (SSSR count). The quantitative estimate of drug-likeness (QED) is 0.567. The Morgan fingerprint density at radius 1 is 1.56 bits per heavy atom. The fraction of sp³-hybridized carbons (Fsp3) is 1.00. The van der Waals surface area contributed by atoms with Gasteiger partial charge < -0.3 is 4.55 Å². The van der Waals surface area contributed by atoms with E-state index in [1.165, 1.54) is 0 Å². The summed E-state index contributed by atoms with van der Waals surface area (Å²) in [4.78, 5) is 0. The van der Waals surface area contributed by atoms with Crippen LogP contribution in [0.2, 0.25) is 0 Å². The topological polar surface area (TPSA) is 40.1 Å². The van der Waals surface area contributed by atoms with E-state index in [-0.39, 0.29) is 11.2 Å². The van der Waals surface area contributed by atoms with Gasteiger partial charge in [0.1, 0.15) is 0 Å². The van der Waals surface area contributed by atoms with Gasteiger partial charge in [-0.1, -0.05) is 31.9 Å². The third kappa shape index (κ3) is 2.96. The van der Waals surface area contributed by atoms with Crippen LogP contribution in [0.1, 0.15) is 27.2 Å². The molecule has 0 saturated heterocycles. The molecule has 0 amide bonds. The Hall–Kier alpha value is 0.110. The van der Waals surface area contributed by atoms with E-state index in [2.05, 4.69) is 0 Å². The number of hydrogen-bond donors (Lipinski definition) is 0. The van der Waals surface area contributed by atoms with E-state index in [1.54, 1.807) is 0 Å². The molecule has 56 valence electrons. The number of hydrogen-bond acceptors (Lipinski definition) is 2. The van der Waals surface area contributed by atoms with E-state index in [1.807, 2.05) is 20.8 Å². The molecule has 0 N–H and O–H groups in total. The van der Waals surface area contributed by atoms with Gasteiger partial charge in [-0.3, -0.25) is 4.21 Å². The van der Waals surface area contributed by atoms with Crippen LogP contribution in [0.5, 0.6) is 0 Å². The summed E-state index contributed by atoms with van der Waals surface area (Å²) in [5, 5.41) is -0.162. The molecule has 0 aromatic heterocycles. The largest absolute Gasteiger partial charge is 0.772 e. The second kappa shape index (κ2) is 4.01. The highest BCUT2D eigenvalue weighted by atomic mass is 32.2. The van der Waals surface area contributed by atoms with Gasteiger partial charge in [0, 0.05) is 5.25 Å². The molecule has 0 aliphatic heterocycles. The lowest BCUT2D eigenvalue weighted by atomic mass is 10.1. The normalized spacial score (nSPS) is 17.9. The van der Waals surface area contributed by atoms with Gasteiger partial charge in [-0.25, -0.2) is 0 Å². The molecule has 9 heavy (non-hydrogen) atoms. The molecular weight excluding hydrogens is 136 g/mol. The minimum absolute atomic E-state index is 0.162. The molecular formula is C6H13O2S-. The van der Waals surface area contributed by atoms with E-state index >= 15 is 0 Å². The van der Waals surface area contributed by atoms with Gasteiger partial charge >= 0.3 is 0 Å². The molecule has 0 aliphatic rings. The van der Waals surface area contributed by atoms with E-state index in [9.17, 15) is 8.76 Å². The second-order valence-electron chi connectivity index (χ2n) is 2.45. The van der Waals surface area contributed by atoms with Gasteiger partial charge in [0.05, 0.1) is 0 Å². The van der Waals surface area contributed by atoms with E-state index in [0.29, 0.717) is 6.42 Å². The highest BCUT2D eigenvalue weighted by molar-refractivity contribution is 7.79. The standard InChI is InChI=1S/C6H14O2S/c1-4-6(5(2)3)9(7)8/h5-6H,4H2,1-3H3,(H,7,8)/p-1. The first-order valence-corrected chi connectivity index (χ1v) is 4.31. The van der Waals surface area contributed by atoms with Crippen LogP contribution in [0.3, 0.4) is 0 Å².